The van der Waals surface area contributed by atoms with E-state index in [2.05, 4.69) is 25.5 Å². The van der Waals surface area contributed by atoms with Gasteiger partial charge in [0.2, 0.25) is 5.91 Å². The number of nitrogens with one attached hydrogen (secondary N) is 2. The predicted molar refractivity (Wildman–Crippen MR) is 128 cm³/mol. The fraction of sp³-hybridized carbons (Fsp3) is 0.250. The molecule has 10 heteroatoms. The quantitative estimate of drug-likeness (QED) is 0.559. The largest absolute Gasteiger partial charge is 0.367 e. The lowest BCUT2D eigenvalue weighted by Gasteiger charge is -2.34. The molecule has 0 spiro atoms. The maximum Gasteiger partial charge on any atom is 0.238 e. The molecule has 0 aliphatic carbocycles. The Morgan fingerprint density at radius 1 is 1.21 bits per heavy atom. The summed E-state index contributed by atoms with van der Waals surface area (Å²) in [7, 11) is 1.62. The fourth-order valence-corrected chi connectivity index (χ4v) is 4.39. The zero-order valence-corrected chi connectivity index (χ0v) is 19.0. The number of hydrogen-bond donors (Lipinski definition) is 2. The predicted octanol–water partition coefficient (Wildman–Crippen LogP) is 2.97. The molecule has 1 amide bonds. The number of likely N-dealkylation sites (N-methyl/N-ethyl adjacent to an activating group) is 1. The number of pyridine rings is 2. The minimum atomic E-state index is -0.818. The van der Waals surface area contributed by atoms with Crippen LogP contribution in [0.1, 0.15) is 11.3 Å². The molecule has 0 radical (unpaired) electrons. The van der Waals surface area contributed by atoms with E-state index in [1.54, 1.807) is 19.3 Å². The van der Waals surface area contributed by atoms with Crippen molar-refractivity contribution in [2.24, 2.45) is 4.99 Å². The van der Waals surface area contributed by atoms with Crippen molar-refractivity contribution in [1.29, 1.82) is 0 Å². The molecule has 2 aromatic heterocycles. The second kappa shape index (κ2) is 9.08. The maximum absolute atomic E-state index is 14.5. The molecule has 0 bridgehead atoms. The van der Waals surface area contributed by atoms with Gasteiger partial charge >= 0.3 is 0 Å². The molecular weight excluding hydrogens is 462 g/mol. The number of anilines is 1. The third-order valence-electron chi connectivity index (χ3n) is 5.97. The highest BCUT2D eigenvalue weighted by molar-refractivity contribution is 6.35. The van der Waals surface area contributed by atoms with E-state index in [4.69, 9.17) is 16.6 Å². The van der Waals surface area contributed by atoms with Gasteiger partial charge in [0.1, 0.15) is 17.7 Å². The Labute approximate surface area is 199 Å². The number of aliphatic imine (C=N–C) groups is 1. The molecule has 1 fully saturated rings. The summed E-state index contributed by atoms with van der Waals surface area (Å²) < 4.78 is 28.2. The van der Waals surface area contributed by atoms with Crippen LogP contribution in [0.25, 0.3) is 16.6 Å². The summed E-state index contributed by atoms with van der Waals surface area (Å²) in [6, 6.07) is 7.28. The second-order valence-electron chi connectivity index (χ2n) is 8.05. The molecule has 7 nitrogen and oxygen atoms in total. The Kier molecular flexibility index (Phi) is 5.97. The van der Waals surface area contributed by atoms with E-state index in [0.717, 1.165) is 18.3 Å². The van der Waals surface area contributed by atoms with E-state index in [-0.39, 0.29) is 22.5 Å². The molecule has 2 N–H and O–H groups in total. The van der Waals surface area contributed by atoms with Gasteiger partial charge in [-0.25, -0.2) is 13.8 Å². The topological polar surface area (TPSA) is 82.5 Å². The summed E-state index contributed by atoms with van der Waals surface area (Å²) in [4.78, 5) is 27.8. The monoisotopic (exact) mass is 482 g/mol. The summed E-state index contributed by atoms with van der Waals surface area (Å²) in [5, 5.41) is 5.72. The van der Waals surface area contributed by atoms with Crippen molar-refractivity contribution < 1.29 is 13.6 Å². The van der Waals surface area contributed by atoms with Gasteiger partial charge in [-0.15, -0.1) is 0 Å². The van der Waals surface area contributed by atoms with Crippen molar-refractivity contribution >= 4 is 45.5 Å². The van der Waals surface area contributed by atoms with E-state index in [9.17, 15) is 13.6 Å². The van der Waals surface area contributed by atoms with E-state index < -0.39 is 11.6 Å². The standard InChI is InChI=1S/C24H21ClF2N6O/c1-28-24(34)22-12-33(7-6-29-22)13-8-21-20(31-11-13)3-2-19(32-21)14-4-5-30-23(14)15-9-16(25)18(27)10-17(15)26/h2-4,8-11,22,29H,5-7,12H2,1H3,(H,28,34)/t22-/m1/s1. The first kappa shape index (κ1) is 22.4. The van der Waals surface area contributed by atoms with Gasteiger partial charge in [0.05, 0.1) is 45.9 Å². The van der Waals surface area contributed by atoms with Gasteiger partial charge in [-0.1, -0.05) is 17.7 Å². The number of carbonyl (C=O) groups is 1. The van der Waals surface area contributed by atoms with Crippen molar-refractivity contribution in [2.75, 3.05) is 38.1 Å². The van der Waals surface area contributed by atoms with Gasteiger partial charge in [0, 0.05) is 43.9 Å². The van der Waals surface area contributed by atoms with Crippen LogP contribution in [0.4, 0.5) is 14.5 Å². The van der Waals surface area contributed by atoms with Gasteiger partial charge in [0.15, 0.2) is 0 Å². The van der Waals surface area contributed by atoms with Crippen LogP contribution < -0.4 is 15.5 Å². The van der Waals surface area contributed by atoms with Crippen molar-refractivity contribution in [3.8, 4) is 0 Å². The Hall–Kier alpha value is -3.43. The highest BCUT2D eigenvalue weighted by Gasteiger charge is 2.26. The summed E-state index contributed by atoms with van der Waals surface area (Å²) in [6.45, 7) is 2.27. The first-order chi connectivity index (χ1) is 16.4. The molecule has 1 saturated heterocycles. The van der Waals surface area contributed by atoms with Crippen LogP contribution >= 0.6 is 11.6 Å². The van der Waals surface area contributed by atoms with Gasteiger partial charge < -0.3 is 15.5 Å². The molecule has 34 heavy (non-hydrogen) atoms. The summed E-state index contributed by atoms with van der Waals surface area (Å²) in [5.41, 5.74) is 3.99. The van der Waals surface area contributed by atoms with Crippen molar-refractivity contribution in [2.45, 2.75) is 6.04 Å². The molecular formula is C24H21ClF2N6O. The lowest BCUT2D eigenvalue weighted by Crippen LogP contribution is -2.56. The number of allylic oxidation sites excluding steroid dienone is 1. The van der Waals surface area contributed by atoms with Gasteiger partial charge in [-0.3, -0.25) is 14.8 Å². The smallest absolute Gasteiger partial charge is 0.238 e. The van der Waals surface area contributed by atoms with Gasteiger partial charge in [0.25, 0.3) is 0 Å². The van der Waals surface area contributed by atoms with E-state index in [0.29, 0.717) is 47.6 Å². The van der Waals surface area contributed by atoms with Crippen molar-refractivity contribution in [1.82, 2.24) is 20.6 Å². The maximum atomic E-state index is 14.5. The van der Waals surface area contributed by atoms with Crippen LogP contribution in [0.5, 0.6) is 0 Å². The number of nitrogens with zero attached hydrogens (tertiary/aromatic N) is 4. The number of piperazine rings is 1. The molecule has 1 atom stereocenters. The van der Waals surface area contributed by atoms with Crippen LogP contribution in [0.2, 0.25) is 5.02 Å². The van der Waals surface area contributed by atoms with Gasteiger partial charge in [-0.05, 0) is 24.3 Å². The molecule has 2 aliphatic heterocycles. The van der Waals surface area contributed by atoms with Crippen LogP contribution in [-0.4, -0.2) is 60.9 Å². The second-order valence-corrected chi connectivity index (χ2v) is 8.46. The lowest BCUT2D eigenvalue weighted by atomic mass is 9.99. The fourth-order valence-electron chi connectivity index (χ4n) is 4.22. The number of halogens is 3. The van der Waals surface area contributed by atoms with Crippen LogP contribution in [0.3, 0.4) is 0 Å². The third kappa shape index (κ3) is 4.12. The number of hydrogen-bond acceptors (Lipinski definition) is 6. The average Bonchev–Trinajstić information content (AvgIpc) is 3.35. The SMILES string of the molecule is CNC(=O)[C@H]1CN(c2cnc3ccc(C4=CCN=C4c4cc(Cl)c(F)cc4F)nc3c2)CCN1. The van der Waals surface area contributed by atoms with E-state index in [1.165, 1.54) is 6.07 Å². The molecule has 0 unspecified atom stereocenters. The number of carbonyl (C=O) groups excluding carboxylic acids is 1. The van der Waals surface area contributed by atoms with E-state index >= 15 is 0 Å². The zero-order chi connectivity index (χ0) is 23.8. The molecule has 2 aliphatic rings. The Balaban J connectivity index is 1.47. The first-order valence-electron chi connectivity index (χ1n) is 10.8. The van der Waals surface area contributed by atoms with Crippen LogP contribution in [0, 0.1) is 11.6 Å². The Morgan fingerprint density at radius 3 is 2.88 bits per heavy atom. The van der Waals surface area contributed by atoms with Gasteiger partial charge in [-0.2, -0.15) is 0 Å². The zero-order valence-electron chi connectivity index (χ0n) is 18.3. The van der Waals surface area contributed by atoms with E-state index in [1.807, 2.05) is 18.2 Å². The number of amides is 1. The minimum absolute atomic E-state index is 0.0630. The summed E-state index contributed by atoms with van der Waals surface area (Å²) in [5.74, 6) is -1.62. The molecule has 5 rings (SSSR count). The van der Waals surface area contributed by atoms with Crippen molar-refractivity contribution in [3.05, 3.63) is 70.5 Å². The normalized spacial score (nSPS) is 18.1. The first-order valence-corrected chi connectivity index (χ1v) is 11.2. The Morgan fingerprint density at radius 2 is 2.06 bits per heavy atom. The molecule has 0 saturated carbocycles. The average molecular weight is 483 g/mol. The number of fused-ring (bicyclic) bond motifs is 1. The number of aromatic nitrogens is 2. The van der Waals surface area contributed by atoms with Crippen LogP contribution in [-0.2, 0) is 4.79 Å². The minimum Gasteiger partial charge on any atom is -0.367 e. The third-order valence-corrected chi connectivity index (χ3v) is 6.26. The summed E-state index contributed by atoms with van der Waals surface area (Å²) in [6.07, 6.45) is 3.62. The highest BCUT2D eigenvalue weighted by Crippen LogP contribution is 2.29. The summed E-state index contributed by atoms with van der Waals surface area (Å²) >= 11 is 5.89. The molecule has 1 aromatic carbocycles. The Bertz CT molecular complexity index is 1360. The number of benzene rings is 1. The lowest BCUT2D eigenvalue weighted by molar-refractivity contribution is -0.122. The highest BCUT2D eigenvalue weighted by atomic mass is 35.5. The molecule has 174 valence electrons. The molecule has 3 aromatic rings. The molecule has 4 heterocycles. The van der Waals surface area contributed by atoms with Crippen LogP contribution in [0.15, 0.2) is 47.6 Å². The van der Waals surface area contributed by atoms with Crippen molar-refractivity contribution in [3.63, 3.8) is 0 Å². The number of rotatable bonds is 4.